The Morgan fingerprint density at radius 3 is 3.00 bits per heavy atom. The fraction of sp³-hybridized carbons (Fsp3) is 0.316. The van der Waals surface area contributed by atoms with E-state index in [1.807, 2.05) is 24.3 Å². The van der Waals surface area contributed by atoms with Crippen molar-refractivity contribution >= 4 is 11.7 Å². The van der Waals surface area contributed by atoms with Gasteiger partial charge in [-0.15, -0.1) is 0 Å². The molecule has 0 spiro atoms. The van der Waals surface area contributed by atoms with Gasteiger partial charge in [0.05, 0.1) is 5.56 Å². The molecule has 6 nitrogen and oxygen atoms in total. The molecule has 3 N–H and O–H groups in total. The fourth-order valence-corrected chi connectivity index (χ4v) is 3.12. The number of benzene rings is 1. The van der Waals surface area contributed by atoms with Crippen molar-refractivity contribution in [2.45, 2.75) is 13.0 Å². The maximum Gasteiger partial charge on any atom is 0.248 e. The number of nitrogens with zero attached hydrogens (tertiary/aromatic N) is 3. The summed E-state index contributed by atoms with van der Waals surface area (Å²) in [5.41, 5.74) is 7.57. The summed E-state index contributed by atoms with van der Waals surface area (Å²) in [5, 5.41) is 12.1. The van der Waals surface area contributed by atoms with E-state index in [2.05, 4.69) is 21.3 Å². The quantitative estimate of drug-likeness (QED) is 0.842. The Morgan fingerprint density at radius 1 is 1.40 bits per heavy atom. The predicted octanol–water partition coefficient (Wildman–Crippen LogP) is 1.99. The van der Waals surface area contributed by atoms with Crippen LogP contribution in [0.1, 0.15) is 27.9 Å². The number of primary amides is 1. The Kier molecular flexibility index (Phi) is 5.26. The fourth-order valence-electron chi connectivity index (χ4n) is 3.12. The first-order chi connectivity index (χ1) is 12.1. The van der Waals surface area contributed by atoms with Gasteiger partial charge in [-0.1, -0.05) is 12.1 Å². The van der Waals surface area contributed by atoms with E-state index in [-0.39, 0.29) is 5.91 Å². The highest BCUT2D eigenvalue weighted by atomic mass is 16.1. The molecule has 25 heavy (non-hydrogen) atoms. The molecule has 1 aliphatic rings. The number of nitriles is 1. The summed E-state index contributed by atoms with van der Waals surface area (Å²) in [5.74, 6) is 0.962. The zero-order valence-electron chi connectivity index (χ0n) is 14.0. The molecular formula is C19H21N5O. The van der Waals surface area contributed by atoms with Gasteiger partial charge < -0.3 is 11.1 Å². The minimum absolute atomic E-state index is 0.389. The summed E-state index contributed by atoms with van der Waals surface area (Å²) in [7, 11) is 0. The summed E-state index contributed by atoms with van der Waals surface area (Å²) in [6, 6.07) is 13.2. The van der Waals surface area contributed by atoms with Crippen LogP contribution in [-0.4, -0.2) is 35.4 Å². The number of rotatable bonds is 6. The van der Waals surface area contributed by atoms with Crippen LogP contribution in [0.5, 0.6) is 0 Å². The standard InChI is InChI=1S/C19H21N5O/c20-9-15-4-5-18(22-10-15)23-11-16-6-7-24(13-16)12-14-2-1-3-17(8-14)19(21)25/h1-5,8,10,16H,6-7,11-13H2,(H2,21,25)(H,22,23)/t16-/m0/s1. The lowest BCUT2D eigenvalue weighted by atomic mass is 10.1. The van der Waals surface area contributed by atoms with Crippen LogP contribution in [0.25, 0.3) is 0 Å². The first-order valence-corrected chi connectivity index (χ1v) is 8.35. The Balaban J connectivity index is 1.49. The first-order valence-electron chi connectivity index (χ1n) is 8.35. The summed E-state index contributed by atoms with van der Waals surface area (Å²) in [6.45, 7) is 3.72. The second kappa shape index (κ2) is 7.77. The molecule has 1 fully saturated rings. The number of amides is 1. The van der Waals surface area contributed by atoms with Crippen LogP contribution >= 0.6 is 0 Å². The monoisotopic (exact) mass is 335 g/mol. The highest BCUT2D eigenvalue weighted by molar-refractivity contribution is 5.92. The molecule has 6 heteroatoms. The molecule has 1 amide bonds. The lowest BCUT2D eigenvalue weighted by Crippen LogP contribution is -2.23. The minimum Gasteiger partial charge on any atom is -0.370 e. The summed E-state index contributed by atoms with van der Waals surface area (Å²) >= 11 is 0. The van der Waals surface area contributed by atoms with E-state index in [0.29, 0.717) is 17.0 Å². The van der Waals surface area contributed by atoms with E-state index in [1.165, 1.54) is 0 Å². The van der Waals surface area contributed by atoms with E-state index < -0.39 is 0 Å². The van der Waals surface area contributed by atoms with E-state index in [1.54, 1.807) is 18.3 Å². The van der Waals surface area contributed by atoms with Crippen LogP contribution < -0.4 is 11.1 Å². The van der Waals surface area contributed by atoms with Crippen molar-refractivity contribution in [3.8, 4) is 6.07 Å². The third kappa shape index (κ3) is 4.55. The molecule has 0 radical (unpaired) electrons. The van der Waals surface area contributed by atoms with Crippen molar-refractivity contribution < 1.29 is 4.79 Å². The second-order valence-electron chi connectivity index (χ2n) is 6.38. The van der Waals surface area contributed by atoms with Crippen LogP contribution in [0.2, 0.25) is 0 Å². The van der Waals surface area contributed by atoms with Crippen LogP contribution in [0.4, 0.5) is 5.82 Å². The number of hydrogen-bond donors (Lipinski definition) is 2. The van der Waals surface area contributed by atoms with E-state index in [0.717, 1.165) is 44.0 Å². The molecule has 1 aromatic carbocycles. The number of nitrogens with one attached hydrogen (secondary N) is 1. The zero-order valence-corrected chi connectivity index (χ0v) is 14.0. The number of pyridine rings is 1. The smallest absolute Gasteiger partial charge is 0.248 e. The molecule has 0 unspecified atom stereocenters. The summed E-state index contributed by atoms with van der Waals surface area (Å²) in [4.78, 5) is 17.9. The maximum atomic E-state index is 11.3. The Hall–Kier alpha value is -2.91. The van der Waals surface area contributed by atoms with Crippen LogP contribution in [-0.2, 0) is 6.54 Å². The molecule has 0 bridgehead atoms. The largest absolute Gasteiger partial charge is 0.370 e. The molecule has 1 aromatic heterocycles. The van der Waals surface area contributed by atoms with Crippen molar-refractivity contribution in [3.05, 3.63) is 59.3 Å². The van der Waals surface area contributed by atoms with Crippen molar-refractivity contribution in [3.63, 3.8) is 0 Å². The molecule has 2 aromatic rings. The number of hydrogen-bond acceptors (Lipinski definition) is 5. The third-order valence-electron chi connectivity index (χ3n) is 4.45. The molecule has 1 atom stereocenters. The van der Waals surface area contributed by atoms with Gasteiger partial charge in [-0.2, -0.15) is 5.26 Å². The number of aromatic nitrogens is 1. The first kappa shape index (κ1) is 16.9. The highest BCUT2D eigenvalue weighted by Crippen LogP contribution is 2.19. The Labute approximate surface area is 147 Å². The van der Waals surface area contributed by atoms with Crippen LogP contribution in [0, 0.1) is 17.2 Å². The normalized spacial score (nSPS) is 17.2. The maximum absolute atomic E-state index is 11.3. The second-order valence-corrected chi connectivity index (χ2v) is 6.38. The SMILES string of the molecule is N#Cc1ccc(NC[C@@H]2CCN(Cc3cccc(C(N)=O)c3)C2)nc1. The van der Waals surface area contributed by atoms with E-state index in [9.17, 15) is 4.79 Å². The summed E-state index contributed by atoms with van der Waals surface area (Å²) in [6.07, 6.45) is 2.70. The minimum atomic E-state index is -0.389. The lowest BCUT2D eigenvalue weighted by molar-refractivity contribution is 0.1000. The van der Waals surface area contributed by atoms with Gasteiger partial charge in [0.2, 0.25) is 5.91 Å². The average Bonchev–Trinajstić information content (AvgIpc) is 3.08. The average molecular weight is 335 g/mol. The Bertz CT molecular complexity index is 781. The van der Waals surface area contributed by atoms with Crippen LogP contribution in [0.3, 0.4) is 0 Å². The lowest BCUT2D eigenvalue weighted by Gasteiger charge is -2.17. The van der Waals surface area contributed by atoms with Gasteiger partial charge in [-0.05, 0) is 48.7 Å². The van der Waals surface area contributed by atoms with Gasteiger partial charge in [-0.25, -0.2) is 4.98 Å². The number of nitrogens with two attached hydrogens (primary N) is 1. The molecule has 0 aliphatic carbocycles. The zero-order chi connectivity index (χ0) is 17.6. The summed E-state index contributed by atoms with van der Waals surface area (Å²) < 4.78 is 0. The number of likely N-dealkylation sites (tertiary alicyclic amines) is 1. The molecule has 128 valence electrons. The molecule has 2 heterocycles. The van der Waals surface area contributed by atoms with E-state index >= 15 is 0 Å². The molecular weight excluding hydrogens is 314 g/mol. The molecule has 1 saturated heterocycles. The van der Waals surface area contributed by atoms with Crippen molar-refractivity contribution in [2.75, 3.05) is 25.0 Å². The molecule has 3 rings (SSSR count). The molecule has 0 saturated carbocycles. The van der Waals surface area contributed by atoms with Gasteiger partial charge in [-0.3, -0.25) is 9.69 Å². The van der Waals surface area contributed by atoms with Gasteiger partial charge in [0.15, 0.2) is 0 Å². The van der Waals surface area contributed by atoms with Gasteiger partial charge in [0, 0.05) is 31.4 Å². The number of carbonyl (C=O) groups is 1. The Morgan fingerprint density at radius 2 is 2.28 bits per heavy atom. The molecule has 1 aliphatic heterocycles. The van der Waals surface area contributed by atoms with Crippen molar-refractivity contribution in [1.82, 2.24) is 9.88 Å². The van der Waals surface area contributed by atoms with Gasteiger partial charge in [0.25, 0.3) is 0 Å². The van der Waals surface area contributed by atoms with Crippen LogP contribution in [0.15, 0.2) is 42.6 Å². The van der Waals surface area contributed by atoms with Crippen molar-refractivity contribution in [1.29, 1.82) is 5.26 Å². The highest BCUT2D eigenvalue weighted by Gasteiger charge is 2.22. The van der Waals surface area contributed by atoms with Crippen molar-refractivity contribution in [2.24, 2.45) is 11.7 Å². The number of anilines is 1. The third-order valence-corrected chi connectivity index (χ3v) is 4.45. The van der Waals surface area contributed by atoms with E-state index in [4.69, 9.17) is 11.0 Å². The number of carbonyl (C=O) groups excluding carboxylic acids is 1. The predicted molar refractivity (Wildman–Crippen MR) is 95.8 cm³/mol. The van der Waals surface area contributed by atoms with Gasteiger partial charge in [0.1, 0.15) is 11.9 Å². The van der Waals surface area contributed by atoms with Gasteiger partial charge >= 0.3 is 0 Å². The topological polar surface area (TPSA) is 95.0 Å².